The Balaban J connectivity index is 2.47. The van der Waals surface area contributed by atoms with Crippen LogP contribution in [0.3, 0.4) is 0 Å². The van der Waals surface area contributed by atoms with Gasteiger partial charge in [0.1, 0.15) is 16.7 Å². The van der Waals surface area contributed by atoms with E-state index in [0.717, 1.165) is 28.4 Å². The summed E-state index contributed by atoms with van der Waals surface area (Å²) in [7, 11) is 0. The van der Waals surface area contributed by atoms with E-state index in [4.69, 9.17) is 0 Å². The molecule has 0 aliphatic heterocycles. The predicted molar refractivity (Wildman–Crippen MR) is 176 cm³/mol. The number of ketones is 3. The molecule has 0 spiro atoms. The lowest BCUT2D eigenvalue weighted by Crippen LogP contribution is -2.69. The summed E-state index contributed by atoms with van der Waals surface area (Å²) in [6.45, 7) is 21.9. The van der Waals surface area contributed by atoms with E-state index in [2.05, 4.69) is 18.7 Å². The molecule has 1 aromatic rings. The molecule has 0 radical (unpaired) electrons. The molecule has 3 rings (SSSR count). The number of fused-ring (bicyclic) bond motifs is 2. The number of allylic oxidation sites excluding steroid dienone is 8. The highest BCUT2D eigenvalue weighted by atomic mass is 16.3. The van der Waals surface area contributed by atoms with Crippen LogP contribution in [0.15, 0.2) is 70.9 Å². The van der Waals surface area contributed by atoms with Crippen LogP contribution in [0.1, 0.15) is 100.0 Å². The van der Waals surface area contributed by atoms with Gasteiger partial charge in [-0.3, -0.25) is 14.4 Å². The van der Waals surface area contributed by atoms with E-state index in [-0.39, 0.29) is 42.4 Å². The molecule has 6 nitrogen and oxygen atoms in total. The second-order valence-electron chi connectivity index (χ2n) is 14.3. The molecule has 0 amide bonds. The van der Waals surface area contributed by atoms with Crippen LogP contribution < -0.4 is 0 Å². The van der Waals surface area contributed by atoms with Crippen LogP contribution >= 0.6 is 0 Å². The number of aliphatic hydroxyl groups is 1. The molecule has 4 atom stereocenters. The first-order valence-corrected chi connectivity index (χ1v) is 15.5. The van der Waals surface area contributed by atoms with Crippen molar-refractivity contribution in [2.24, 2.45) is 28.1 Å². The normalized spacial score (nSPS) is 26.0. The Hall–Kier alpha value is -3.67. The highest BCUT2D eigenvalue weighted by molar-refractivity contribution is 6.41. The molecule has 238 valence electrons. The van der Waals surface area contributed by atoms with Gasteiger partial charge in [0.25, 0.3) is 0 Å². The highest BCUT2D eigenvalue weighted by Crippen LogP contribution is 2.66. The van der Waals surface area contributed by atoms with Crippen LogP contribution in [-0.4, -0.2) is 32.7 Å². The molecule has 6 heteroatoms. The molecule has 2 bridgehead atoms. The first-order valence-electron chi connectivity index (χ1n) is 15.5. The Labute approximate surface area is 263 Å². The third-order valence-electron chi connectivity index (χ3n) is 10.0. The van der Waals surface area contributed by atoms with Gasteiger partial charge in [0.2, 0.25) is 0 Å². The summed E-state index contributed by atoms with van der Waals surface area (Å²) in [6.07, 6.45) is 7.79. The molecule has 2 saturated carbocycles. The van der Waals surface area contributed by atoms with Crippen molar-refractivity contribution < 1.29 is 29.7 Å². The standard InChI is InChI=1S/C38H50O6/c1-22(2)11-13-27(25(7)8)20-37-21-28(15-12-23(3)4)36(9,10)38(35(37)44,18-17-24(5)6)34(43)31(33(37)42)32(41)26-14-16-29(39)30(40)19-26/h11-12,14,16-17,19,27-28,39-41H,7,13,15,18,20-21H2,1-6,8-10H3/t27-,28-,37-,38+/m1/s1. The summed E-state index contributed by atoms with van der Waals surface area (Å²) < 4.78 is 0. The topological polar surface area (TPSA) is 112 Å². The monoisotopic (exact) mass is 602 g/mol. The van der Waals surface area contributed by atoms with Crippen LogP contribution in [0.5, 0.6) is 11.5 Å². The number of phenols is 2. The third-order valence-corrected chi connectivity index (χ3v) is 10.0. The fourth-order valence-electron chi connectivity index (χ4n) is 7.08. The van der Waals surface area contributed by atoms with E-state index in [1.807, 2.05) is 68.4 Å². The molecule has 44 heavy (non-hydrogen) atoms. The van der Waals surface area contributed by atoms with E-state index < -0.39 is 50.6 Å². The van der Waals surface area contributed by atoms with Crippen LogP contribution in [0.2, 0.25) is 0 Å². The van der Waals surface area contributed by atoms with Gasteiger partial charge in [-0.1, -0.05) is 60.9 Å². The van der Waals surface area contributed by atoms with Crippen LogP contribution in [0, 0.1) is 28.1 Å². The number of benzene rings is 1. The number of hydrogen-bond donors (Lipinski definition) is 3. The molecule has 1 aromatic carbocycles. The summed E-state index contributed by atoms with van der Waals surface area (Å²) in [5, 5.41) is 31.7. The number of aliphatic hydroxyl groups excluding tert-OH is 1. The zero-order valence-electron chi connectivity index (χ0n) is 27.9. The van der Waals surface area contributed by atoms with E-state index in [9.17, 15) is 24.9 Å². The lowest BCUT2D eigenvalue weighted by molar-refractivity contribution is -0.177. The van der Waals surface area contributed by atoms with Crippen molar-refractivity contribution in [3.63, 3.8) is 0 Å². The van der Waals surface area contributed by atoms with Crippen LogP contribution in [-0.2, 0) is 14.4 Å². The SMILES string of the molecule is C=C(C)[C@H](CC=C(C)C)C[C@@]12C[C@@H](CC=C(C)C)C(C)(C)[C@@](CC=C(C)C)(C(=O)C(=C(O)c3ccc(O)c(O)c3)C1=O)C2=O. The molecule has 2 fully saturated rings. The number of Topliss-reactive ketones (excluding diaryl/α,β-unsaturated/α-hetero) is 3. The summed E-state index contributed by atoms with van der Waals surface area (Å²) in [5.41, 5.74) is -0.453. The van der Waals surface area contributed by atoms with Crippen molar-refractivity contribution in [1.29, 1.82) is 0 Å². The van der Waals surface area contributed by atoms with E-state index in [0.29, 0.717) is 12.8 Å². The second-order valence-corrected chi connectivity index (χ2v) is 14.3. The molecule has 0 aromatic heterocycles. The summed E-state index contributed by atoms with van der Waals surface area (Å²) in [5.74, 6) is -3.61. The summed E-state index contributed by atoms with van der Waals surface area (Å²) >= 11 is 0. The molecular weight excluding hydrogens is 552 g/mol. The van der Waals surface area contributed by atoms with E-state index in [1.165, 1.54) is 12.1 Å². The van der Waals surface area contributed by atoms with E-state index >= 15 is 4.79 Å². The Morgan fingerprint density at radius 2 is 1.50 bits per heavy atom. The lowest BCUT2D eigenvalue weighted by Gasteiger charge is -2.60. The van der Waals surface area contributed by atoms with Gasteiger partial charge in [-0.05, 0) is 116 Å². The van der Waals surface area contributed by atoms with Gasteiger partial charge < -0.3 is 15.3 Å². The number of carbonyl (C=O) groups excluding carboxylic acids is 3. The number of aromatic hydroxyl groups is 2. The first kappa shape index (κ1) is 34.8. The summed E-state index contributed by atoms with van der Waals surface area (Å²) in [6, 6.07) is 3.65. The number of phenolic OH excluding ortho intramolecular Hbond substituents is 2. The minimum atomic E-state index is -1.62. The third kappa shape index (κ3) is 6.00. The number of rotatable bonds is 10. The molecular formula is C38H50O6. The zero-order valence-corrected chi connectivity index (χ0v) is 27.9. The average Bonchev–Trinajstić information content (AvgIpc) is 2.91. The van der Waals surface area contributed by atoms with Crippen LogP contribution in [0.4, 0.5) is 0 Å². The predicted octanol–water partition coefficient (Wildman–Crippen LogP) is 8.76. The average molecular weight is 603 g/mol. The van der Waals surface area contributed by atoms with Gasteiger partial charge in [-0.25, -0.2) is 0 Å². The fourth-order valence-corrected chi connectivity index (χ4v) is 7.08. The fraction of sp³-hybridized carbons (Fsp3) is 0.500. The van der Waals surface area contributed by atoms with Gasteiger partial charge in [-0.15, -0.1) is 0 Å². The van der Waals surface area contributed by atoms with Crippen LogP contribution in [0.25, 0.3) is 5.76 Å². The highest BCUT2D eigenvalue weighted by Gasteiger charge is 2.74. The first-order chi connectivity index (χ1) is 20.3. The maximum absolute atomic E-state index is 15.2. The minimum Gasteiger partial charge on any atom is -0.506 e. The van der Waals surface area contributed by atoms with Crippen molar-refractivity contribution in [1.82, 2.24) is 0 Å². The molecule has 2 aliphatic rings. The second kappa shape index (κ2) is 12.7. The smallest absolute Gasteiger partial charge is 0.184 e. The van der Waals surface area contributed by atoms with Gasteiger partial charge in [0.15, 0.2) is 28.8 Å². The van der Waals surface area contributed by atoms with Gasteiger partial charge >= 0.3 is 0 Å². The van der Waals surface area contributed by atoms with Gasteiger partial charge in [0, 0.05) is 5.56 Å². The zero-order chi connectivity index (χ0) is 33.4. The molecule has 0 heterocycles. The van der Waals surface area contributed by atoms with Crippen molar-refractivity contribution in [2.45, 2.75) is 94.4 Å². The molecule has 0 saturated heterocycles. The van der Waals surface area contributed by atoms with Crippen molar-refractivity contribution in [2.75, 3.05) is 0 Å². The van der Waals surface area contributed by atoms with Crippen molar-refractivity contribution >= 4 is 23.1 Å². The number of hydrogen-bond acceptors (Lipinski definition) is 6. The van der Waals surface area contributed by atoms with E-state index in [1.54, 1.807) is 0 Å². The Morgan fingerprint density at radius 3 is 2.02 bits per heavy atom. The minimum absolute atomic E-state index is 0.0110. The van der Waals surface area contributed by atoms with Crippen molar-refractivity contribution in [3.05, 3.63) is 76.4 Å². The molecule has 2 aliphatic carbocycles. The maximum Gasteiger partial charge on any atom is 0.184 e. The lowest BCUT2D eigenvalue weighted by atomic mass is 9.38. The molecule has 0 unspecified atom stereocenters. The largest absolute Gasteiger partial charge is 0.506 e. The van der Waals surface area contributed by atoms with Gasteiger partial charge in [-0.2, -0.15) is 0 Å². The number of carbonyl (C=O) groups is 3. The van der Waals surface area contributed by atoms with Gasteiger partial charge in [0.05, 0.1) is 5.41 Å². The summed E-state index contributed by atoms with van der Waals surface area (Å²) in [4.78, 5) is 44.9. The Bertz CT molecular complexity index is 1490. The Morgan fingerprint density at radius 1 is 0.909 bits per heavy atom. The maximum atomic E-state index is 15.2. The molecule has 3 N–H and O–H groups in total. The Kier molecular flexibility index (Phi) is 10.1. The quantitative estimate of drug-likeness (QED) is 0.0616. The van der Waals surface area contributed by atoms with Crippen molar-refractivity contribution in [3.8, 4) is 11.5 Å².